The molecule has 0 amide bonds. The van der Waals surface area contributed by atoms with Gasteiger partial charge in [-0.15, -0.1) is 0 Å². The molecule has 2 N–H and O–H groups in total. The molecule has 0 bridgehead atoms. The standard InChI is InChI=1S/2C15H16ClN3O/c1-4-10-13(8(2)3)18-15-17-11-7-9(16)5-6-12(11)19(15)14(10)20;1-4-10-13(8(2)3)18-15-17-11-6-5-9(16)7-12(11)19(15)14(10)20/h2*5-8H,4H2,1-3H3,(H,17,18). The van der Waals surface area contributed by atoms with Crippen molar-refractivity contribution in [2.24, 2.45) is 0 Å². The van der Waals surface area contributed by atoms with E-state index in [1.807, 2.05) is 26.0 Å². The van der Waals surface area contributed by atoms with Gasteiger partial charge in [-0.25, -0.2) is 18.8 Å². The Bertz CT molecular complexity index is 2000. The quantitative estimate of drug-likeness (QED) is 0.234. The van der Waals surface area contributed by atoms with Crippen LogP contribution in [0.15, 0.2) is 46.0 Å². The summed E-state index contributed by atoms with van der Waals surface area (Å²) in [6.07, 6.45) is 1.39. The summed E-state index contributed by atoms with van der Waals surface area (Å²) in [6.45, 7) is 12.3. The van der Waals surface area contributed by atoms with E-state index < -0.39 is 0 Å². The number of benzene rings is 2. The molecule has 0 aliphatic carbocycles. The van der Waals surface area contributed by atoms with Crippen LogP contribution >= 0.6 is 23.2 Å². The van der Waals surface area contributed by atoms with Gasteiger partial charge >= 0.3 is 0 Å². The third-order valence-electron chi connectivity index (χ3n) is 7.16. The lowest BCUT2D eigenvalue weighted by atomic mass is 10.0. The molecule has 40 heavy (non-hydrogen) atoms. The Morgan fingerprint density at radius 3 is 1.70 bits per heavy atom. The first kappa shape index (κ1) is 27.9. The average Bonchev–Trinajstić information content (AvgIpc) is 3.46. The highest BCUT2D eigenvalue weighted by Gasteiger charge is 2.18. The van der Waals surface area contributed by atoms with Crippen molar-refractivity contribution in [3.63, 3.8) is 0 Å². The maximum atomic E-state index is 12.7. The maximum absolute atomic E-state index is 12.7. The summed E-state index contributed by atoms with van der Waals surface area (Å²) in [5.74, 6) is 1.67. The highest BCUT2D eigenvalue weighted by Crippen LogP contribution is 2.23. The van der Waals surface area contributed by atoms with Crippen LogP contribution in [-0.4, -0.2) is 28.7 Å². The summed E-state index contributed by atoms with van der Waals surface area (Å²) in [7, 11) is 0. The Morgan fingerprint density at radius 2 is 1.18 bits per heavy atom. The number of H-pyrrole nitrogens is 2. The molecule has 208 valence electrons. The lowest BCUT2D eigenvalue weighted by Gasteiger charge is -2.11. The van der Waals surface area contributed by atoms with E-state index in [1.165, 1.54) is 0 Å². The van der Waals surface area contributed by atoms with Crippen molar-refractivity contribution in [1.29, 1.82) is 0 Å². The average molecular weight is 580 g/mol. The van der Waals surface area contributed by atoms with Crippen molar-refractivity contribution in [2.45, 2.75) is 66.2 Å². The monoisotopic (exact) mass is 578 g/mol. The van der Waals surface area contributed by atoms with Crippen LogP contribution in [0, 0.1) is 0 Å². The number of halogens is 2. The first-order valence-corrected chi connectivity index (χ1v) is 14.3. The summed E-state index contributed by atoms with van der Waals surface area (Å²) in [5.41, 5.74) is 6.60. The highest BCUT2D eigenvalue weighted by atomic mass is 35.5. The van der Waals surface area contributed by atoms with Crippen LogP contribution in [-0.2, 0) is 12.8 Å². The van der Waals surface area contributed by atoms with Gasteiger partial charge in [0.2, 0.25) is 11.6 Å². The third-order valence-corrected chi connectivity index (χ3v) is 7.63. The van der Waals surface area contributed by atoms with E-state index in [2.05, 4.69) is 47.6 Å². The molecule has 0 aliphatic rings. The van der Waals surface area contributed by atoms with Crippen LogP contribution in [0.5, 0.6) is 0 Å². The molecule has 10 heteroatoms. The Morgan fingerprint density at radius 1 is 0.700 bits per heavy atom. The topological polar surface area (TPSA) is 100 Å². The highest BCUT2D eigenvalue weighted by molar-refractivity contribution is 6.31. The van der Waals surface area contributed by atoms with Gasteiger partial charge in [-0.1, -0.05) is 64.7 Å². The molecule has 6 aromatic rings. The number of imidazole rings is 2. The molecule has 6 rings (SSSR count). The van der Waals surface area contributed by atoms with Gasteiger partial charge in [0.1, 0.15) is 0 Å². The van der Waals surface area contributed by atoms with E-state index in [1.54, 1.807) is 33.1 Å². The molecular weight excluding hydrogens is 547 g/mol. The fourth-order valence-corrected chi connectivity index (χ4v) is 5.57. The molecule has 0 unspecified atom stereocenters. The van der Waals surface area contributed by atoms with E-state index >= 15 is 0 Å². The summed E-state index contributed by atoms with van der Waals surface area (Å²) >= 11 is 12.0. The molecule has 0 radical (unpaired) electrons. The molecule has 0 fully saturated rings. The molecule has 0 atom stereocenters. The Kier molecular flexibility index (Phi) is 7.50. The predicted molar refractivity (Wildman–Crippen MR) is 164 cm³/mol. The second-order valence-corrected chi connectivity index (χ2v) is 11.3. The van der Waals surface area contributed by atoms with Crippen molar-refractivity contribution in [3.8, 4) is 0 Å². The number of hydrogen-bond donors (Lipinski definition) is 2. The van der Waals surface area contributed by atoms with Crippen LogP contribution in [0.2, 0.25) is 10.0 Å². The number of nitrogens with zero attached hydrogens (tertiary/aromatic N) is 4. The van der Waals surface area contributed by atoms with Crippen LogP contribution in [0.25, 0.3) is 33.6 Å². The maximum Gasteiger partial charge on any atom is 0.262 e. The van der Waals surface area contributed by atoms with Gasteiger partial charge < -0.3 is 9.97 Å². The largest absolute Gasteiger partial charge is 0.328 e. The van der Waals surface area contributed by atoms with E-state index in [4.69, 9.17) is 23.2 Å². The lowest BCUT2D eigenvalue weighted by Crippen LogP contribution is -2.22. The van der Waals surface area contributed by atoms with E-state index in [9.17, 15) is 9.59 Å². The first-order chi connectivity index (χ1) is 19.0. The Labute approximate surface area is 241 Å². The van der Waals surface area contributed by atoms with Crippen molar-refractivity contribution in [1.82, 2.24) is 28.7 Å². The van der Waals surface area contributed by atoms with Gasteiger partial charge in [-0.05, 0) is 61.1 Å². The second kappa shape index (κ2) is 10.7. The van der Waals surface area contributed by atoms with Crippen LogP contribution in [0.1, 0.15) is 75.9 Å². The molecular formula is C30H32Cl2N6O2. The minimum atomic E-state index is -0.00489. The second-order valence-electron chi connectivity index (χ2n) is 10.5. The van der Waals surface area contributed by atoms with Crippen LogP contribution < -0.4 is 11.1 Å². The smallest absolute Gasteiger partial charge is 0.262 e. The van der Waals surface area contributed by atoms with Crippen molar-refractivity contribution in [3.05, 3.63) is 89.7 Å². The number of aromatic amines is 2. The molecule has 4 aromatic heterocycles. The van der Waals surface area contributed by atoms with E-state index in [0.717, 1.165) is 44.6 Å². The zero-order valence-corrected chi connectivity index (χ0v) is 24.9. The SMILES string of the molecule is CCc1c(C(C)C)[nH]c2nc3cc(Cl)ccc3n2c1=O.CCc1c(C(C)C)[nH]c2nc3ccc(Cl)cc3n2c1=O. The molecule has 0 aliphatic heterocycles. The Hall–Kier alpha value is -3.62. The summed E-state index contributed by atoms with van der Waals surface area (Å²) in [5, 5.41) is 1.22. The number of fused-ring (bicyclic) bond motifs is 6. The van der Waals surface area contributed by atoms with Gasteiger partial charge in [0.15, 0.2) is 0 Å². The van der Waals surface area contributed by atoms with Gasteiger partial charge in [0.05, 0.1) is 22.1 Å². The van der Waals surface area contributed by atoms with E-state index in [0.29, 0.717) is 34.4 Å². The number of hydrogen-bond acceptors (Lipinski definition) is 4. The fourth-order valence-electron chi connectivity index (χ4n) is 5.24. The predicted octanol–water partition coefficient (Wildman–Crippen LogP) is 7.03. The van der Waals surface area contributed by atoms with Crippen LogP contribution in [0.3, 0.4) is 0 Å². The van der Waals surface area contributed by atoms with Crippen LogP contribution in [0.4, 0.5) is 0 Å². The third kappa shape index (κ3) is 4.69. The molecule has 8 nitrogen and oxygen atoms in total. The molecule has 0 saturated heterocycles. The normalized spacial score (nSPS) is 11.8. The molecule has 0 saturated carbocycles. The van der Waals surface area contributed by atoms with Gasteiger partial charge in [-0.2, -0.15) is 0 Å². The van der Waals surface area contributed by atoms with E-state index in [-0.39, 0.29) is 23.0 Å². The summed E-state index contributed by atoms with van der Waals surface area (Å²) < 4.78 is 3.25. The summed E-state index contributed by atoms with van der Waals surface area (Å²) in [4.78, 5) is 41.0. The van der Waals surface area contributed by atoms with Crippen molar-refractivity contribution in [2.75, 3.05) is 0 Å². The van der Waals surface area contributed by atoms with Crippen molar-refractivity contribution < 1.29 is 0 Å². The van der Waals surface area contributed by atoms with Crippen molar-refractivity contribution >= 4 is 56.8 Å². The number of nitrogens with one attached hydrogen (secondary N) is 2. The van der Waals surface area contributed by atoms with Gasteiger partial charge in [0, 0.05) is 32.6 Å². The Balaban J connectivity index is 0.000000161. The summed E-state index contributed by atoms with van der Waals surface area (Å²) in [6, 6.07) is 10.8. The lowest BCUT2D eigenvalue weighted by molar-refractivity contribution is 0.783. The zero-order valence-electron chi connectivity index (χ0n) is 23.4. The minimum absolute atomic E-state index is 0.00489. The molecule has 2 aromatic carbocycles. The fraction of sp³-hybridized carbons (Fsp3) is 0.333. The number of rotatable bonds is 4. The minimum Gasteiger partial charge on any atom is -0.328 e. The van der Waals surface area contributed by atoms with Gasteiger partial charge in [-0.3, -0.25) is 9.59 Å². The first-order valence-electron chi connectivity index (χ1n) is 13.5. The molecule has 4 heterocycles. The molecule has 0 spiro atoms. The van der Waals surface area contributed by atoms with Gasteiger partial charge in [0.25, 0.3) is 11.1 Å². The zero-order chi connectivity index (χ0) is 28.9. The number of aromatic nitrogens is 6.